The SMILES string of the molecule is CN1C(=O)c2ccc(S(=O)(=O)NCCC3CCCNC3)cc2C1=O.Cl. The van der Waals surface area contributed by atoms with Gasteiger partial charge in [-0.1, -0.05) is 0 Å². The normalized spacial score (nSPS) is 20.4. The quantitative estimate of drug-likeness (QED) is 0.735. The largest absolute Gasteiger partial charge is 0.316 e. The van der Waals surface area contributed by atoms with Gasteiger partial charge in [0, 0.05) is 13.6 Å². The van der Waals surface area contributed by atoms with Gasteiger partial charge in [-0.05, 0) is 56.5 Å². The third-order valence-electron chi connectivity index (χ3n) is 4.62. The molecule has 25 heavy (non-hydrogen) atoms. The number of sulfonamides is 1. The number of hydrogen-bond donors (Lipinski definition) is 2. The van der Waals surface area contributed by atoms with Crippen LogP contribution < -0.4 is 10.0 Å². The minimum Gasteiger partial charge on any atom is -0.316 e. The maximum absolute atomic E-state index is 12.4. The monoisotopic (exact) mass is 387 g/mol. The van der Waals surface area contributed by atoms with E-state index in [-0.39, 0.29) is 28.4 Å². The van der Waals surface area contributed by atoms with E-state index in [0.29, 0.717) is 12.5 Å². The van der Waals surface area contributed by atoms with E-state index >= 15 is 0 Å². The van der Waals surface area contributed by atoms with E-state index < -0.39 is 21.8 Å². The van der Waals surface area contributed by atoms with Crippen LogP contribution in [0.15, 0.2) is 23.1 Å². The van der Waals surface area contributed by atoms with Crippen LogP contribution in [0.3, 0.4) is 0 Å². The van der Waals surface area contributed by atoms with Gasteiger partial charge in [0.05, 0.1) is 16.0 Å². The fourth-order valence-corrected chi connectivity index (χ4v) is 4.23. The Morgan fingerprint density at radius 2 is 1.96 bits per heavy atom. The van der Waals surface area contributed by atoms with E-state index in [1.165, 1.54) is 25.2 Å². The molecule has 0 spiro atoms. The van der Waals surface area contributed by atoms with Crippen LogP contribution in [0.4, 0.5) is 0 Å². The van der Waals surface area contributed by atoms with Gasteiger partial charge >= 0.3 is 0 Å². The van der Waals surface area contributed by atoms with Crippen LogP contribution in [0.1, 0.15) is 40.0 Å². The molecule has 1 unspecified atom stereocenters. The molecule has 9 heteroatoms. The van der Waals surface area contributed by atoms with Crippen LogP contribution >= 0.6 is 12.4 Å². The first-order chi connectivity index (χ1) is 11.4. The van der Waals surface area contributed by atoms with E-state index in [1.54, 1.807) is 0 Å². The first-order valence-electron chi connectivity index (χ1n) is 8.07. The molecule has 0 saturated carbocycles. The molecule has 2 amide bonds. The van der Waals surface area contributed by atoms with Crippen molar-refractivity contribution in [3.63, 3.8) is 0 Å². The summed E-state index contributed by atoms with van der Waals surface area (Å²) in [6.07, 6.45) is 3.00. The van der Waals surface area contributed by atoms with Gasteiger partial charge in [-0.25, -0.2) is 13.1 Å². The molecule has 0 radical (unpaired) electrons. The van der Waals surface area contributed by atoms with Crippen molar-refractivity contribution >= 4 is 34.2 Å². The van der Waals surface area contributed by atoms with Gasteiger partial charge in [-0.2, -0.15) is 0 Å². The van der Waals surface area contributed by atoms with E-state index in [0.717, 1.165) is 37.3 Å². The van der Waals surface area contributed by atoms with Gasteiger partial charge in [0.25, 0.3) is 11.8 Å². The van der Waals surface area contributed by atoms with Crippen molar-refractivity contribution in [3.05, 3.63) is 29.3 Å². The molecular weight excluding hydrogens is 366 g/mol. The summed E-state index contributed by atoms with van der Waals surface area (Å²) in [5, 5.41) is 3.30. The summed E-state index contributed by atoms with van der Waals surface area (Å²) in [4.78, 5) is 24.8. The number of imide groups is 1. The maximum atomic E-state index is 12.4. The average molecular weight is 388 g/mol. The van der Waals surface area contributed by atoms with E-state index in [1.807, 2.05) is 0 Å². The molecule has 1 saturated heterocycles. The number of rotatable bonds is 5. The highest BCUT2D eigenvalue weighted by atomic mass is 35.5. The standard InChI is InChI=1S/C16H21N3O4S.ClH/c1-19-15(20)13-5-4-12(9-14(13)16(19)21)24(22,23)18-8-6-11-3-2-7-17-10-11;/h4-5,9,11,17-18H,2-3,6-8,10H2,1H3;1H. The molecule has 2 heterocycles. The number of benzene rings is 1. The van der Waals surface area contributed by atoms with Gasteiger partial charge < -0.3 is 5.32 Å². The number of nitrogens with one attached hydrogen (secondary N) is 2. The number of piperidine rings is 1. The number of amides is 2. The molecule has 7 nitrogen and oxygen atoms in total. The zero-order chi connectivity index (χ0) is 17.3. The molecule has 2 aliphatic rings. The molecule has 2 N–H and O–H groups in total. The van der Waals surface area contributed by atoms with Crippen molar-refractivity contribution in [3.8, 4) is 0 Å². The van der Waals surface area contributed by atoms with Crippen LogP contribution in [0, 0.1) is 5.92 Å². The molecule has 3 rings (SSSR count). The van der Waals surface area contributed by atoms with E-state index in [4.69, 9.17) is 0 Å². The smallest absolute Gasteiger partial charge is 0.261 e. The minimum absolute atomic E-state index is 0. The summed E-state index contributed by atoms with van der Waals surface area (Å²) < 4.78 is 27.4. The van der Waals surface area contributed by atoms with Gasteiger partial charge in [-0.3, -0.25) is 14.5 Å². The Hall–Kier alpha value is -1.48. The summed E-state index contributed by atoms with van der Waals surface area (Å²) >= 11 is 0. The van der Waals surface area contributed by atoms with Gasteiger partial charge in [0.2, 0.25) is 10.0 Å². The molecule has 1 aromatic carbocycles. The van der Waals surface area contributed by atoms with E-state index in [9.17, 15) is 18.0 Å². The van der Waals surface area contributed by atoms with E-state index in [2.05, 4.69) is 10.0 Å². The Balaban J connectivity index is 0.00000225. The van der Waals surface area contributed by atoms with Crippen LogP contribution in [0.5, 0.6) is 0 Å². The van der Waals surface area contributed by atoms with Crippen LogP contribution in [-0.4, -0.2) is 51.8 Å². The first-order valence-corrected chi connectivity index (χ1v) is 9.55. The fraction of sp³-hybridized carbons (Fsp3) is 0.500. The second-order valence-electron chi connectivity index (χ2n) is 6.28. The highest BCUT2D eigenvalue weighted by Gasteiger charge is 2.33. The molecule has 138 valence electrons. The Labute approximate surface area is 153 Å². The molecule has 1 fully saturated rings. The Morgan fingerprint density at radius 3 is 2.64 bits per heavy atom. The summed E-state index contributed by atoms with van der Waals surface area (Å²) in [7, 11) is -2.31. The maximum Gasteiger partial charge on any atom is 0.261 e. The Morgan fingerprint density at radius 1 is 1.24 bits per heavy atom. The number of carbonyl (C=O) groups is 2. The summed E-state index contributed by atoms with van der Waals surface area (Å²) in [5.41, 5.74) is 0.386. The molecule has 0 aliphatic carbocycles. The van der Waals surface area contributed by atoms with Crippen molar-refractivity contribution in [2.45, 2.75) is 24.2 Å². The number of carbonyl (C=O) groups excluding carboxylic acids is 2. The van der Waals surface area contributed by atoms with Gasteiger partial charge in [0.1, 0.15) is 0 Å². The van der Waals surface area contributed by atoms with Gasteiger partial charge in [0.15, 0.2) is 0 Å². The van der Waals surface area contributed by atoms with Crippen LogP contribution in [-0.2, 0) is 10.0 Å². The second-order valence-corrected chi connectivity index (χ2v) is 8.04. The molecule has 2 aliphatic heterocycles. The van der Waals surface area contributed by atoms with Crippen molar-refractivity contribution in [1.29, 1.82) is 0 Å². The lowest BCUT2D eigenvalue weighted by Crippen LogP contribution is -2.33. The summed E-state index contributed by atoms with van der Waals surface area (Å²) in [6.45, 7) is 2.31. The molecular formula is C16H22ClN3O4S. The summed E-state index contributed by atoms with van der Waals surface area (Å²) in [6, 6.07) is 4.05. The van der Waals surface area contributed by atoms with Crippen LogP contribution in [0.25, 0.3) is 0 Å². The fourth-order valence-electron chi connectivity index (χ4n) is 3.16. The predicted octanol–water partition coefficient (Wildman–Crippen LogP) is 1.00. The molecule has 1 aromatic rings. The zero-order valence-corrected chi connectivity index (χ0v) is 15.6. The van der Waals surface area contributed by atoms with Crippen molar-refractivity contribution in [1.82, 2.24) is 14.9 Å². The third-order valence-corrected chi connectivity index (χ3v) is 6.07. The highest BCUT2D eigenvalue weighted by Crippen LogP contribution is 2.24. The Kier molecular flexibility index (Phi) is 6.21. The predicted molar refractivity (Wildman–Crippen MR) is 95.5 cm³/mol. The van der Waals surface area contributed by atoms with Crippen molar-refractivity contribution in [2.75, 3.05) is 26.7 Å². The van der Waals surface area contributed by atoms with Gasteiger partial charge in [-0.15, -0.1) is 12.4 Å². The average Bonchev–Trinajstić information content (AvgIpc) is 2.80. The molecule has 1 atom stereocenters. The zero-order valence-electron chi connectivity index (χ0n) is 13.9. The summed E-state index contributed by atoms with van der Waals surface area (Å²) in [5.74, 6) is -0.397. The highest BCUT2D eigenvalue weighted by molar-refractivity contribution is 7.89. The minimum atomic E-state index is -3.69. The molecule has 0 aromatic heterocycles. The second kappa shape index (κ2) is 7.82. The number of nitrogens with zero attached hydrogens (tertiary/aromatic N) is 1. The lowest BCUT2D eigenvalue weighted by Gasteiger charge is -2.22. The van der Waals surface area contributed by atoms with Crippen molar-refractivity contribution in [2.24, 2.45) is 5.92 Å². The van der Waals surface area contributed by atoms with Crippen molar-refractivity contribution < 1.29 is 18.0 Å². The lowest BCUT2D eigenvalue weighted by atomic mass is 9.96. The topological polar surface area (TPSA) is 95.6 Å². The number of hydrogen-bond acceptors (Lipinski definition) is 5. The lowest BCUT2D eigenvalue weighted by molar-refractivity contribution is 0.0693. The molecule has 0 bridgehead atoms. The Bertz CT molecular complexity index is 776. The first kappa shape index (κ1) is 19.8. The number of halogens is 1. The number of fused-ring (bicyclic) bond motifs is 1. The van der Waals surface area contributed by atoms with Crippen LogP contribution in [0.2, 0.25) is 0 Å². The third kappa shape index (κ3) is 4.03.